The third-order valence-corrected chi connectivity index (χ3v) is 7.66. The number of piperidine rings is 1. The van der Waals surface area contributed by atoms with Crippen molar-refractivity contribution < 1.29 is 9.21 Å². The van der Waals surface area contributed by atoms with Crippen LogP contribution in [0.15, 0.2) is 47.1 Å². The maximum Gasteiger partial charge on any atom is 0.223 e. The number of nitrogens with zero attached hydrogens (tertiary/aromatic N) is 3. The van der Waals surface area contributed by atoms with Crippen LogP contribution in [-0.4, -0.2) is 66.9 Å². The molecule has 5 nitrogen and oxygen atoms in total. The number of likely N-dealkylation sites (N-methyl/N-ethyl adjacent to an activating group) is 1. The lowest BCUT2D eigenvalue weighted by Crippen LogP contribution is -2.47. The molecule has 1 amide bonds. The van der Waals surface area contributed by atoms with Gasteiger partial charge in [-0.15, -0.1) is 0 Å². The molecule has 2 fully saturated rings. The molecule has 5 heteroatoms. The van der Waals surface area contributed by atoms with Gasteiger partial charge in [0.25, 0.3) is 0 Å². The van der Waals surface area contributed by atoms with Crippen molar-refractivity contribution in [2.24, 2.45) is 0 Å². The summed E-state index contributed by atoms with van der Waals surface area (Å²) in [6, 6.07) is 13.0. The molecular formula is C25H33N3O2. The quantitative estimate of drug-likeness (QED) is 0.778. The minimum absolute atomic E-state index is 0.239. The van der Waals surface area contributed by atoms with Crippen LogP contribution in [0.1, 0.15) is 48.5 Å². The molecule has 0 saturated carbocycles. The van der Waals surface area contributed by atoms with Gasteiger partial charge in [0.1, 0.15) is 5.76 Å². The number of carbonyl (C=O) groups excluding carboxylic acids is 1. The van der Waals surface area contributed by atoms with E-state index in [1.165, 1.54) is 24.0 Å². The molecule has 160 valence electrons. The molecule has 1 aromatic carbocycles. The Kier molecular flexibility index (Phi) is 5.42. The minimum atomic E-state index is 0.239. The van der Waals surface area contributed by atoms with Crippen molar-refractivity contribution in [2.45, 2.75) is 43.6 Å². The number of rotatable bonds is 4. The van der Waals surface area contributed by atoms with Crippen LogP contribution < -0.4 is 0 Å². The van der Waals surface area contributed by atoms with Gasteiger partial charge in [-0.25, -0.2) is 0 Å². The summed E-state index contributed by atoms with van der Waals surface area (Å²) >= 11 is 0. The average molecular weight is 408 g/mol. The molecule has 0 radical (unpaired) electrons. The van der Waals surface area contributed by atoms with E-state index in [1.807, 2.05) is 6.07 Å². The Bertz CT molecular complexity index is 862. The van der Waals surface area contributed by atoms with E-state index in [4.69, 9.17) is 4.42 Å². The highest BCUT2D eigenvalue weighted by atomic mass is 16.3. The number of amides is 1. The highest BCUT2D eigenvalue weighted by Crippen LogP contribution is 2.52. The summed E-state index contributed by atoms with van der Waals surface area (Å²) in [5, 5.41) is 0. The van der Waals surface area contributed by atoms with Gasteiger partial charge < -0.3 is 14.2 Å². The standard InChI is InChI=1S/C25H33N3O2/c1-26-12-14-28(15-13-26)24(29)17-20-18-25(23-7-3-2-6-22(20)23)8-10-27(11-9-25)19-21-5-4-16-30-21/h2-7,16,20H,8-15,17-19H2,1H3. The molecule has 3 heterocycles. The topological polar surface area (TPSA) is 39.9 Å². The highest BCUT2D eigenvalue weighted by Gasteiger charge is 2.45. The molecular weight excluding hydrogens is 374 g/mol. The van der Waals surface area contributed by atoms with E-state index in [0.29, 0.717) is 18.2 Å². The van der Waals surface area contributed by atoms with Gasteiger partial charge in [0.05, 0.1) is 12.8 Å². The third-order valence-electron chi connectivity index (χ3n) is 7.66. The predicted molar refractivity (Wildman–Crippen MR) is 117 cm³/mol. The number of carbonyl (C=O) groups is 1. The van der Waals surface area contributed by atoms with Gasteiger partial charge in [-0.2, -0.15) is 0 Å². The zero-order chi connectivity index (χ0) is 20.6. The number of hydrogen-bond acceptors (Lipinski definition) is 4. The second-order valence-electron chi connectivity index (χ2n) is 9.51. The summed E-state index contributed by atoms with van der Waals surface area (Å²) in [6.45, 7) is 6.80. The van der Waals surface area contributed by atoms with E-state index in [9.17, 15) is 4.79 Å². The van der Waals surface area contributed by atoms with Crippen molar-refractivity contribution in [3.05, 3.63) is 59.5 Å². The zero-order valence-electron chi connectivity index (χ0n) is 18.1. The van der Waals surface area contributed by atoms with Gasteiger partial charge in [0.15, 0.2) is 0 Å². The molecule has 2 aromatic rings. The van der Waals surface area contributed by atoms with Crippen molar-refractivity contribution >= 4 is 5.91 Å². The molecule has 1 atom stereocenters. The van der Waals surface area contributed by atoms with E-state index in [1.54, 1.807) is 6.26 Å². The summed E-state index contributed by atoms with van der Waals surface area (Å²) in [7, 11) is 2.14. The van der Waals surface area contributed by atoms with Crippen molar-refractivity contribution in [1.82, 2.24) is 14.7 Å². The Labute approximate surface area is 179 Å². The lowest BCUT2D eigenvalue weighted by molar-refractivity contribution is -0.133. The van der Waals surface area contributed by atoms with Crippen LogP contribution in [0.3, 0.4) is 0 Å². The van der Waals surface area contributed by atoms with Crippen LogP contribution in [0.25, 0.3) is 0 Å². The minimum Gasteiger partial charge on any atom is -0.468 e. The first-order chi connectivity index (χ1) is 14.6. The Morgan fingerprint density at radius 3 is 2.53 bits per heavy atom. The average Bonchev–Trinajstić information content (AvgIpc) is 3.38. The second kappa shape index (κ2) is 8.20. The summed E-state index contributed by atoms with van der Waals surface area (Å²) in [6.07, 6.45) is 5.89. The van der Waals surface area contributed by atoms with Crippen molar-refractivity contribution in [1.29, 1.82) is 0 Å². The molecule has 3 aliphatic rings. The molecule has 1 spiro atoms. The highest BCUT2D eigenvalue weighted by molar-refractivity contribution is 5.77. The summed E-state index contributed by atoms with van der Waals surface area (Å²) in [5.41, 5.74) is 3.18. The Morgan fingerprint density at radius 2 is 1.80 bits per heavy atom. The molecule has 1 aromatic heterocycles. The van der Waals surface area contributed by atoms with Gasteiger partial charge in [-0.05, 0) is 74.0 Å². The van der Waals surface area contributed by atoms with Crippen LogP contribution in [0.5, 0.6) is 0 Å². The van der Waals surface area contributed by atoms with Gasteiger partial charge in [-0.3, -0.25) is 9.69 Å². The van der Waals surface area contributed by atoms with Crippen LogP contribution in [-0.2, 0) is 16.8 Å². The van der Waals surface area contributed by atoms with Crippen LogP contribution in [0, 0.1) is 0 Å². The van der Waals surface area contributed by atoms with Crippen molar-refractivity contribution in [2.75, 3.05) is 46.3 Å². The van der Waals surface area contributed by atoms with Crippen LogP contribution in [0.2, 0.25) is 0 Å². The van der Waals surface area contributed by atoms with Crippen LogP contribution in [0.4, 0.5) is 0 Å². The van der Waals surface area contributed by atoms with E-state index >= 15 is 0 Å². The first-order valence-corrected chi connectivity index (χ1v) is 11.4. The van der Waals surface area contributed by atoms with Gasteiger partial charge in [0.2, 0.25) is 5.91 Å². The molecule has 0 bridgehead atoms. The Morgan fingerprint density at radius 1 is 1.03 bits per heavy atom. The first-order valence-electron chi connectivity index (χ1n) is 11.4. The first kappa shape index (κ1) is 19.8. The Hall–Kier alpha value is -2.11. The van der Waals surface area contributed by atoms with Gasteiger partial charge in [0, 0.05) is 32.6 Å². The fraction of sp³-hybridized carbons (Fsp3) is 0.560. The normalized spacial score (nSPS) is 24.3. The molecule has 2 saturated heterocycles. The van der Waals surface area contributed by atoms with E-state index in [2.05, 4.69) is 52.1 Å². The number of likely N-dealkylation sites (tertiary alicyclic amines) is 1. The maximum atomic E-state index is 13.1. The summed E-state index contributed by atoms with van der Waals surface area (Å²) < 4.78 is 5.55. The monoisotopic (exact) mass is 407 g/mol. The maximum absolute atomic E-state index is 13.1. The zero-order valence-corrected chi connectivity index (χ0v) is 18.1. The number of piperazine rings is 1. The fourth-order valence-electron chi connectivity index (χ4n) is 5.84. The third kappa shape index (κ3) is 3.81. The smallest absolute Gasteiger partial charge is 0.223 e. The van der Waals surface area contributed by atoms with Crippen molar-refractivity contribution in [3.63, 3.8) is 0 Å². The van der Waals surface area contributed by atoms with E-state index < -0.39 is 0 Å². The lowest BCUT2D eigenvalue weighted by atomic mass is 9.73. The molecule has 30 heavy (non-hydrogen) atoms. The molecule has 1 aliphatic carbocycles. The number of fused-ring (bicyclic) bond motifs is 2. The van der Waals surface area contributed by atoms with Crippen molar-refractivity contribution in [3.8, 4) is 0 Å². The number of furan rings is 1. The largest absolute Gasteiger partial charge is 0.468 e. The number of benzene rings is 1. The van der Waals surface area contributed by atoms with E-state index in [0.717, 1.165) is 58.0 Å². The molecule has 1 unspecified atom stereocenters. The lowest BCUT2D eigenvalue weighted by Gasteiger charge is -2.40. The van der Waals surface area contributed by atoms with Crippen LogP contribution >= 0.6 is 0 Å². The molecule has 0 N–H and O–H groups in total. The summed E-state index contributed by atoms with van der Waals surface area (Å²) in [5.74, 6) is 1.76. The SMILES string of the molecule is CN1CCN(C(=O)CC2CC3(CCN(Cc4ccco4)CC3)c3ccccc32)CC1. The van der Waals surface area contributed by atoms with Gasteiger partial charge >= 0.3 is 0 Å². The predicted octanol–water partition coefficient (Wildman–Crippen LogP) is 3.46. The second-order valence-corrected chi connectivity index (χ2v) is 9.51. The number of hydrogen-bond donors (Lipinski definition) is 0. The Balaban J connectivity index is 1.27. The van der Waals surface area contributed by atoms with E-state index in [-0.39, 0.29) is 5.41 Å². The summed E-state index contributed by atoms with van der Waals surface area (Å²) in [4.78, 5) is 20.0. The van der Waals surface area contributed by atoms with Gasteiger partial charge in [-0.1, -0.05) is 24.3 Å². The fourth-order valence-corrected chi connectivity index (χ4v) is 5.84. The molecule has 5 rings (SSSR count). The molecule has 2 aliphatic heterocycles.